The molecular weight excluding hydrogens is 196 g/mol. The van der Waals surface area contributed by atoms with Crippen LogP contribution in [0.1, 0.15) is 0 Å². The fourth-order valence-electron chi connectivity index (χ4n) is 1.32. The lowest BCUT2D eigenvalue weighted by Crippen LogP contribution is -2.29. The van der Waals surface area contributed by atoms with Gasteiger partial charge in [0, 0.05) is 12.2 Å². The van der Waals surface area contributed by atoms with E-state index in [1.54, 1.807) is 0 Å². The summed E-state index contributed by atoms with van der Waals surface area (Å²) < 4.78 is 0. The molecule has 0 atom stereocenters. The van der Waals surface area contributed by atoms with Gasteiger partial charge in [0.1, 0.15) is 5.69 Å². The average Bonchev–Trinajstić information content (AvgIpc) is 2.59. The van der Waals surface area contributed by atoms with Gasteiger partial charge >= 0.3 is 0 Å². The van der Waals surface area contributed by atoms with E-state index in [1.165, 1.54) is 36.4 Å². The van der Waals surface area contributed by atoms with Gasteiger partial charge in [-0.05, 0) is 29.4 Å². The van der Waals surface area contributed by atoms with Gasteiger partial charge < -0.3 is 0 Å². The third-order valence-corrected chi connectivity index (χ3v) is 2.02. The van der Waals surface area contributed by atoms with Crippen LogP contribution in [0.2, 0.25) is 0 Å². The SMILES string of the molecule is O=Nc1ccc(N2C(=O)C=CC2=O)cc1. The van der Waals surface area contributed by atoms with E-state index in [-0.39, 0.29) is 17.5 Å². The molecule has 0 bridgehead atoms. The van der Waals surface area contributed by atoms with Crippen LogP contribution in [0.4, 0.5) is 11.4 Å². The van der Waals surface area contributed by atoms with Crippen molar-refractivity contribution in [2.45, 2.75) is 0 Å². The Morgan fingerprint density at radius 3 is 1.93 bits per heavy atom. The standard InChI is InChI=1S/C10H6N2O3/c13-9-5-6-10(14)12(9)8-3-1-7(11-15)2-4-8/h1-6H. The summed E-state index contributed by atoms with van der Waals surface area (Å²) in [5.41, 5.74) is 0.688. The first kappa shape index (κ1) is 9.26. The van der Waals surface area contributed by atoms with Crippen molar-refractivity contribution in [1.29, 1.82) is 0 Å². The van der Waals surface area contributed by atoms with Crippen LogP contribution >= 0.6 is 0 Å². The molecule has 2 amide bonds. The van der Waals surface area contributed by atoms with Crippen molar-refractivity contribution >= 4 is 23.2 Å². The van der Waals surface area contributed by atoms with E-state index in [4.69, 9.17) is 0 Å². The second-order valence-electron chi connectivity index (χ2n) is 2.95. The smallest absolute Gasteiger partial charge is 0.258 e. The maximum Gasteiger partial charge on any atom is 0.258 e. The van der Waals surface area contributed by atoms with Crippen LogP contribution in [0.5, 0.6) is 0 Å². The Morgan fingerprint density at radius 2 is 1.47 bits per heavy atom. The lowest BCUT2D eigenvalue weighted by molar-refractivity contribution is -0.119. The van der Waals surface area contributed by atoms with E-state index in [9.17, 15) is 14.5 Å². The van der Waals surface area contributed by atoms with Gasteiger partial charge in [0.25, 0.3) is 11.8 Å². The highest BCUT2D eigenvalue weighted by molar-refractivity contribution is 6.28. The van der Waals surface area contributed by atoms with Crippen LogP contribution in [-0.4, -0.2) is 11.8 Å². The minimum Gasteiger partial charge on any atom is -0.269 e. The maximum atomic E-state index is 11.3. The zero-order chi connectivity index (χ0) is 10.8. The monoisotopic (exact) mass is 202 g/mol. The molecule has 1 aliphatic heterocycles. The molecule has 5 nitrogen and oxygen atoms in total. The van der Waals surface area contributed by atoms with Crippen molar-refractivity contribution < 1.29 is 9.59 Å². The quantitative estimate of drug-likeness (QED) is 0.539. The first-order valence-corrected chi connectivity index (χ1v) is 4.22. The van der Waals surface area contributed by atoms with Crippen molar-refractivity contribution in [1.82, 2.24) is 0 Å². The summed E-state index contributed by atoms with van der Waals surface area (Å²) in [6, 6.07) is 5.89. The molecule has 5 heteroatoms. The number of benzene rings is 1. The van der Waals surface area contributed by atoms with Crippen LogP contribution < -0.4 is 4.90 Å². The zero-order valence-electron chi connectivity index (χ0n) is 7.58. The number of amides is 2. The van der Waals surface area contributed by atoms with Crippen molar-refractivity contribution in [3.63, 3.8) is 0 Å². The summed E-state index contributed by atoms with van der Waals surface area (Å²) in [7, 11) is 0. The number of anilines is 1. The zero-order valence-corrected chi connectivity index (χ0v) is 7.58. The fourth-order valence-corrected chi connectivity index (χ4v) is 1.32. The molecule has 1 aromatic rings. The van der Waals surface area contributed by atoms with E-state index in [1.807, 2.05) is 0 Å². The fraction of sp³-hybridized carbons (Fsp3) is 0. The Bertz CT molecular complexity index is 444. The van der Waals surface area contributed by atoms with Gasteiger partial charge in [-0.1, -0.05) is 0 Å². The summed E-state index contributed by atoms with van der Waals surface area (Å²) in [6.45, 7) is 0. The predicted octanol–water partition coefficient (Wildman–Crippen LogP) is 1.51. The largest absolute Gasteiger partial charge is 0.269 e. The molecule has 74 valence electrons. The van der Waals surface area contributed by atoms with E-state index in [0.717, 1.165) is 4.90 Å². The molecule has 1 heterocycles. The minimum atomic E-state index is -0.383. The highest BCUT2D eigenvalue weighted by Crippen LogP contribution is 2.22. The molecule has 0 unspecified atom stereocenters. The molecule has 0 saturated heterocycles. The first-order valence-electron chi connectivity index (χ1n) is 4.22. The lowest BCUT2D eigenvalue weighted by atomic mass is 10.2. The topological polar surface area (TPSA) is 66.8 Å². The van der Waals surface area contributed by atoms with Gasteiger partial charge in [-0.25, -0.2) is 4.90 Å². The summed E-state index contributed by atoms with van der Waals surface area (Å²) in [4.78, 5) is 33.7. The van der Waals surface area contributed by atoms with E-state index >= 15 is 0 Å². The predicted molar refractivity (Wildman–Crippen MR) is 53.5 cm³/mol. The van der Waals surface area contributed by atoms with Crippen LogP contribution in [0.3, 0.4) is 0 Å². The third kappa shape index (κ3) is 1.54. The highest BCUT2D eigenvalue weighted by Gasteiger charge is 2.24. The van der Waals surface area contributed by atoms with Gasteiger partial charge in [0.2, 0.25) is 0 Å². The van der Waals surface area contributed by atoms with E-state index < -0.39 is 0 Å². The second kappa shape index (κ2) is 3.45. The van der Waals surface area contributed by atoms with Crippen molar-refractivity contribution in [2.24, 2.45) is 5.18 Å². The van der Waals surface area contributed by atoms with E-state index in [2.05, 4.69) is 5.18 Å². The number of hydrogen-bond donors (Lipinski definition) is 0. The summed E-state index contributed by atoms with van der Waals surface area (Å²) in [5, 5.41) is 2.72. The van der Waals surface area contributed by atoms with Gasteiger partial charge in [-0.2, -0.15) is 0 Å². The highest BCUT2D eigenvalue weighted by atomic mass is 16.3. The van der Waals surface area contributed by atoms with E-state index in [0.29, 0.717) is 5.69 Å². The van der Waals surface area contributed by atoms with Crippen LogP contribution in [0, 0.1) is 4.91 Å². The molecule has 0 saturated carbocycles. The number of carbonyl (C=O) groups excluding carboxylic acids is 2. The summed E-state index contributed by atoms with van der Waals surface area (Å²) in [6.07, 6.45) is 2.41. The average molecular weight is 202 g/mol. The Kier molecular flexibility index (Phi) is 2.13. The maximum absolute atomic E-state index is 11.3. The number of carbonyl (C=O) groups is 2. The molecule has 1 aliphatic rings. The Morgan fingerprint density at radius 1 is 0.933 bits per heavy atom. The Labute approximate surface area is 85.0 Å². The Balaban J connectivity index is 2.34. The Hall–Kier alpha value is -2.30. The van der Waals surface area contributed by atoms with Crippen molar-refractivity contribution in [2.75, 3.05) is 4.90 Å². The van der Waals surface area contributed by atoms with Gasteiger partial charge in [0.05, 0.1) is 5.69 Å². The molecule has 15 heavy (non-hydrogen) atoms. The van der Waals surface area contributed by atoms with Crippen LogP contribution in [0.15, 0.2) is 41.6 Å². The minimum absolute atomic E-state index is 0.255. The normalized spacial score (nSPS) is 14.8. The van der Waals surface area contributed by atoms with Crippen LogP contribution in [-0.2, 0) is 9.59 Å². The van der Waals surface area contributed by atoms with Crippen molar-refractivity contribution in [3.05, 3.63) is 41.3 Å². The molecule has 2 rings (SSSR count). The summed E-state index contributed by atoms with van der Waals surface area (Å²) >= 11 is 0. The van der Waals surface area contributed by atoms with Gasteiger partial charge in [0.15, 0.2) is 0 Å². The molecule has 0 radical (unpaired) electrons. The first-order chi connectivity index (χ1) is 7.22. The number of imide groups is 1. The molecule has 0 spiro atoms. The molecule has 1 aromatic carbocycles. The number of hydrogen-bond acceptors (Lipinski definition) is 4. The molecule has 0 aliphatic carbocycles. The lowest BCUT2D eigenvalue weighted by Gasteiger charge is -2.13. The molecular formula is C10H6N2O3. The van der Waals surface area contributed by atoms with Crippen molar-refractivity contribution in [3.8, 4) is 0 Å². The molecule has 0 aromatic heterocycles. The third-order valence-electron chi connectivity index (χ3n) is 2.02. The number of rotatable bonds is 2. The van der Waals surface area contributed by atoms with Gasteiger partial charge in [-0.3, -0.25) is 9.59 Å². The molecule has 0 N–H and O–H groups in total. The number of nitroso groups, excluding NO2 is 1. The van der Waals surface area contributed by atoms with Gasteiger partial charge in [-0.15, -0.1) is 4.91 Å². The van der Waals surface area contributed by atoms with Crippen LogP contribution in [0.25, 0.3) is 0 Å². The summed E-state index contributed by atoms with van der Waals surface area (Å²) in [5.74, 6) is -0.765. The number of nitrogens with zero attached hydrogens (tertiary/aromatic N) is 2. The molecule has 0 fully saturated rings. The second-order valence-corrected chi connectivity index (χ2v) is 2.95.